The molecule has 2 aliphatic rings. The van der Waals surface area contributed by atoms with Crippen molar-refractivity contribution in [3.8, 4) is 0 Å². The number of carboxylic acids is 1. The summed E-state index contributed by atoms with van der Waals surface area (Å²) in [7, 11) is 0. The molecule has 15 heteroatoms. The highest BCUT2D eigenvalue weighted by atomic mass is 32.2. The van der Waals surface area contributed by atoms with Crippen molar-refractivity contribution in [1.29, 1.82) is 0 Å². The van der Waals surface area contributed by atoms with Gasteiger partial charge in [-0.05, 0) is 23.2 Å². The Balaban J connectivity index is 1.52. The number of carbonyl (C=O) groups excluding carboxylic acids is 2. The van der Waals surface area contributed by atoms with Gasteiger partial charge in [0.2, 0.25) is 0 Å². The first kappa shape index (κ1) is 21.0. The number of carboxylic acid groups (broad SMARTS) is 1. The van der Waals surface area contributed by atoms with Gasteiger partial charge in [0.15, 0.2) is 10.8 Å². The average molecular weight is 480 g/mol. The van der Waals surface area contributed by atoms with Crippen LogP contribution in [-0.4, -0.2) is 70.4 Å². The summed E-state index contributed by atoms with van der Waals surface area (Å²) in [6, 6.07) is -0.976. The van der Waals surface area contributed by atoms with E-state index in [2.05, 4.69) is 25.0 Å². The lowest BCUT2D eigenvalue weighted by Crippen LogP contribution is -2.71. The molecule has 0 saturated carbocycles. The molecule has 160 valence electrons. The minimum absolute atomic E-state index is 0.0681. The molecule has 2 aromatic heterocycles. The molecule has 1 saturated heterocycles. The number of aliphatic carboxylic acids is 1. The molecule has 1 fully saturated rings. The van der Waals surface area contributed by atoms with Crippen molar-refractivity contribution in [3.63, 3.8) is 0 Å². The maximum atomic E-state index is 12.7. The third-order valence-corrected chi connectivity index (χ3v) is 7.00. The van der Waals surface area contributed by atoms with E-state index in [4.69, 9.17) is 5.73 Å². The van der Waals surface area contributed by atoms with Crippen LogP contribution in [0.2, 0.25) is 0 Å². The van der Waals surface area contributed by atoms with E-state index in [1.165, 1.54) is 23.3 Å². The fourth-order valence-electron chi connectivity index (χ4n) is 3.02. The molecule has 0 aliphatic carbocycles. The van der Waals surface area contributed by atoms with E-state index in [0.29, 0.717) is 11.3 Å². The number of hydrogen-bond acceptors (Lipinski definition) is 12. The number of thiazole rings is 1. The Morgan fingerprint density at radius 1 is 1.39 bits per heavy atom. The van der Waals surface area contributed by atoms with Gasteiger partial charge in [-0.2, -0.15) is 0 Å². The zero-order chi connectivity index (χ0) is 22.1. The lowest BCUT2D eigenvalue weighted by Gasteiger charge is -2.49. The second kappa shape index (κ2) is 8.44. The lowest BCUT2D eigenvalue weighted by atomic mass is 10.0. The van der Waals surface area contributed by atoms with Crippen LogP contribution in [0.5, 0.6) is 0 Å². The van der Waals surface area contributed by atoms with E-state index in [1.54, 1.807) is 12.2 Å². The molecule has 0 bridgehead atoms. The summed E-state index contributed by atoms with van der Waals surface area (Å²) in [5, 5.41) is 29.0. The molecule has 2 atom stereocenters. The van der Waals surface area contributed by atoms with Gasteiger partial charge in [-0.15, -0.1) is 28.2 Å². The van der Waals surface area contributed by atoms with Gasteiger partial charge in [-0.3, -0.25) is 14.5 Å². The molecule has 12 nitrogen and oxygen atoms in total. The molecule has 1 unspecified atom stereocenters. The Morgan fingerprint density at radius 3 is 2.81 bits per heavy atom. The summed E-state index contributed by atoms with van der Waals surface area (Å²) < 4.78 is 3.73. The van der Waals surface area contributed by atoms with Gasteiger partial charge in [0.05, 0.1) is 11.1 Å². The van der Waals surface area contributed by atoms with Crippen LogP contribution in [-0.2, 0) is 14.4 Å². The van der Waals surface area contributed by atoms with Crippen LogP contribution in [0.4, 0.5) is 5.13 Å². The van der Waals surface area contributed by atoms with Crippen molar-refractivity contribution < 1.29 is 24.7 Å². The zero-order valence-corrected chi connectivity index (χ0v) is 17.8. The molecule has 2 aliphatic heterocycles. The lowest BCUT2D eigenvalue weighted by molar-refractivity contribution is -0.150. The highest BCUT2D eigenvalue weighted by molar-refractivity contribution is 8.00. The molecule has 4 heterocycles. The van der Waals surface area contributed by atoms with Crippen molar-refractivity contribution >= 4 is 69.3 Å². The first-order valence-electron chi connectivity index (χ1n) is 8.51. The quantitative estimate of drug-likeness (QED) is 0.193. The van der Waals surface area contributed by atoms with Gasteiger partial charge >= 0.3 is 5.97 Å². The summed E-state index contributed by atoms with van der Waals surface area (Å²) in [5.74, 6) is -2.34. The number of nitrogens with two attached hydrogens (primary N) is 1. The average Bonchev–Trinajstić information content (AvgIpc) is 3.42. The number of oxime groups is 1. The molecule has 4 rings (SSSR count). The molecule has 31 heavy (non-hydrogen) atoms. The maximum Gasteiger partial charge on any atom is 0.352 e. The van der Waals surface area contributed by atoms with Gasteiger partial charge in [0, 0.05) is 11.1 Å². The normalized spacial score (nSPS) is 21.2. The molecule has 2 amide bonds. The zero-order valence-electron chi connectivity index (χ0n) is 15.3. The SMILES string of the molecule is Nc1nc(/C(=N/O)C(=O)NC2C(=O)N3C(C(=O)O)=C(/C=C/c4cnns4)CS[C@H]23)cs1. The van der Waals surface area contributed by atoms with E-state index in [1.807, 2.05) is 0 Å². The Hall–Kier alpha value is -3.30. The molecule has 0 spiro atoms. The number of hydrogen-bond donors (Lipinski definition) is 4. The summed E-state index contributed by atoms with van der Waals surface area (Å²) >= 11 is 3.52. The minimum Gasteiger partial charge on any atom is -0.477 e. The van der Waals surface area contributed by atoms with Crippen LogP contribution in [0.3, 0.4) is 0 Å². The largest absolute Gasteiger partial charge is 0.477 e. The fourth-order valence-corrected chi connectivity index (χ4v) is 5.30. The van der Waals surface area contributed by atoms with Crippen molar-refractivity contribution in [2.24, 2.45) is 5.16 Å². The standard InChI is InChI=1S/C16H13N7O5S3/c17-16-19-8(5-30-16)9(21-28)12(24)20-10-13(25)23-11(15(26)27)6(4-29-14(10)23)1-2-7-3-18-22-31-7/h1-3,5,10,14,28H,4H2,(H2,17,19)(H,20,24)(H,26,27)/b2-1+,21-9-/t10?,14-/m1/s1. The third kappa shape index (κ3) is 3.89. The van der Waals surface area contributed by atoms with Crippen LogP contribution >= 0.6 is 34.6 Å². The Labute approximate surface area is 186 Å². The number of thioether (sulfide) groups is 1. The molecule has 5 N–H and O–H groups in total. The van der Waals surface area contributed by atoms with Crippen LogP contribution in [0.15, 0.2) is 34.1 Å². The number of nitrogens with one attached hydrogen (secondary N) is 1. The molecular weight excluding hydrogens is 466 g/mol. The van der Waals surface area contributed by atoms with E-state index in [0.717, 1.165) is 32.6 Å². The van der Waals surface area contributed by atoms with Crippen LogP contribution in [0, 0.1) is 0 Å². The number of carbonyl (C=O) groups is 3. The van der Waals surface area contributed by atoms with E-state index in [9.17, 15) is 24.7 Å². The van der Waals surface area contributed by atoms with Crippen LogP contribution in [0.25, 0.3) is 6.08 Å². The first-order valence-corrected chi connectivity index (χ1v) is 11.2. The van der Waals surface area contributed by atoms with Gasteiger partial charge in [-0.1, -0.05) is 15.7 Å². The molecule has 2 aromatic rings. The first-order chi connectivity index (χ1) is 14.9. The maximum absolute atomic E-state index is 12.7. The van der Waals surface area contributed by atoms with Crippen molar-refractivity contribution in [1.82, 2.24) is 24.8 Å². The Bertz CT molecular complexity index is 1140. The molecule has 0 radical (unpaired) electrons. The number of rotatable bonds is 6. The van der Waals surface area contributed by atoms with Crippen molar-refractivity contribution in [2.45, 2.75) is 11.4 Å². The number of allylic oxidation sites excluding steroid dienone is 1. The smallest absolute Gasteiger partial charge is 0.352 e. The topological polar surface area (TPSA) is 184 Å². The summed E-state index contributed by atoms with van der Waals surface area (Å²) in [4.78, 5) is 42.8. The second-order valence-corrected chi connectivity index (χ2v) is 9.02. The summed E-state index contributed by atoms with van der Waals surface area (Å²) in [6.45, 7) is 0. The number of aromatic nitrogens is 3. The highest BCUT2D eigenvalue weighted by Crippen LogP contribution is 2.40. The van der Waals surface area contributed by atoms with E-state index < -0.39 is 34.9 Å². The number of amides is 2. The predicted molar refractivity (Wildman–Crippen MR) is 113 cm³/mol. The van der Waals surface area contributed by atoms with E-state index >= 15 is 0 Å². The predicted octanol–water partition coefficient (Wildman–Crippen LogP) is 0.207. The summed E-state index contributed by atoms with van der Waals surface area (Å²) in [5.41, 5.74) is 5.52. The number of β-lactam (4-membered cyclic amide) rings is 1. The monoisotopic (exact) mass is 479 g/mol. The highest BCUT2D eigenvalue weighted by Gasteiger charge is 2.54. The Kier molecular flexibility index (Phi) is 5.71. The van der Waals surface area contributed by atoms with Crippen molar-refractivity contribution in [3.05, 3.63) is 39.5 Å². The van der Waals surface area contributed by atoms with Crippen molar-refractivity contribution in [2.75, 3.05) is 11.5 Å². The Morgan fingerprint density at radius 2 is 2.19 bits per heavy atom. The van der Waals surface area contributed by atoms with Crippen LogP contribution < -0.4 is 11.1 Å². The van der Waals surface area contributed by atoms with Gasteiger partial charge < -0.3 is 21.4 Å². The fraction of sp³-hybridized carbons (Fsp3) is 0.188. The number of nitrogen functional groups attached to an aromatic ring is 1. The second-order valence-electron chi connectivity index (χ2n) is 6.21. The van der Waals surface area contributed by atoms with Gasteiger partial charge in [-0.25, -0.2) is 9.78 Å². The van der Waals surface area contributed by atoms with Crippen LogP contribution in [0.1, 0.15) is 10.6 Å². The van der Waals surface area contributed by atoms with E-state index in [-0.39, 0.29) is 16.5 Å². The van der Waals surface area contributed by atoms with Gasteiger partial charge in [0.1, 0.15) is 22.8 Å². The number of nitrogens with zero attached hydrogens (tertiary/aromatic N) is 5. The number of fused-ring (bicyclic) bond motifs is 1. The minimum atomic E-state index is -1.25. The summed E-state index contributed by atoms with van der Waals surface area (Å²) in [6.07, 6.45) is 4.83. The molecular formula is C16H13N7O5S3. The molecule has 0 aromatic carbocycles. The number of anilines is 1. The van der Waals surface area contributed by atoms with Gasteiger partial charge in [0.25, 0.3) is 11.8 Å². The third-order valence-electron chi connectivity index (χ3n) is 4.39.